The van der Waals surface area contributed by atoms with Gasteiger partial charge in [-0.3, -0.25) is 0 Å². The van der Waals surface area contributed by atoms with Crippen LogP contribution in [-0.2, 0) is 4.43 Å². The molecule has 0 fully saturated rings. The predicted octanol–water partition coefficient (Wildman–Crippen LogP) is 5.54. The van der Waals surface area contributed by atoms with E-state index in [2.05, 4.69) is 56.6 Å². The van der Waals surface area contributed by atoms with Crippen LogP contribution in [0.2, 0.25) is 19.6 Å². The molecule has 1 aliphatic rings. The van der Waals surface area contributed by atoms with Crippen molar-refractivity contribution in [3.05, 3.63) is 47.5 Å². The van der Waals surface area contributed by atoms with Gasteiger partial charge in [-0.05, 0) is 70.0 Å². The molecule has 0 saturated carbocycles. The Labute approximate surface area is 136 Å². The van der Waals surface area contributed by atoms with Crippen molar-refractivity contribution in [2.75, 3.05) is 0 Å². The van der Waals surface area contributed by atoms with E-state index in [-0.39, 0.29) is 5.60 Å². The topological polar surface area (TPSA) is 9.23 Å². The minimum absolute atomic E-state index is 0.216. The molecule has 0 heterocycles. The van der Waals surface area contributed by atoms with E-state index in [1.54, 1.807) is 0 Å². The quantitative estimate of drug-likeness (QED) is 0.403. The highest BCUT2D eigenvalue weighted by atomic mass is 28.4. The van der Waals surface area contributed by atoms with Crippen molar-refractivity contribution in [1.29, 1.82) is 0 Å². The van der Waals surface area contributed by atoms with Gasteiger partial charge in [-0.2, -0.15) is 0 Å². The van der Waals surface area contributed by atoms with Crippen LogP contribution in [0.4, 0.5) is 0 Å². The minimum Gasteiger partial charge on any atom is -0.408 e. The van der Waals surface area contributed by atoms with Crippen LogP contribution in [0.15, 0.2) is 42.0 Å². The number of allylic oxidation sites excluding steroid dienone is 1. The fourth-order valence-corrected chi connectivity index (χ4v) is 4.60. The highest BCUT2D eigenvalue weighted by molar-refractivity contribution is 6.69. The monoisotopic (exact) mass is 312 g/mol. The normalized spacial score (nSPS) is 17.9. The van der Waals surface area contributed by atoms with Crippen molar-refractivity contribution in [2.24, 2.45) is 0 Å². The standard InChI is InChI=1S/C20H28OSi/c1-20(21-22(2,3)4,19-15-9-6-10-16-19)17-11-14-18-12-7-5-8-13-18/h5,7-8,12-13,15H,6,9-10,16-17H2,1-4H3. The zero-order valence-electron chi connectivity index (χ0n) is 14.4. The maximum Gasteiger partial charge on any atom is 0.184 e. The molecule has 0 N–H and O–H groups in total. The third-order valence-corrected chi connectivity index (χ3v) is 5.00. The van der Waals surface area contributed by atoms with E-state index >= 15 is 0 Å². The smallest absolute Gasteiger partial charge is 0.184 e. The van der Waals surface area contributed by atoms with Gasteiger partial charge in [-0.1, -0.05) is 36.1 Å². The molecule has 1 aromatic rings. The average Bonchev–Trinajstić information content (AvgIpc) is 2.47. The van der Waals surface area contributed by atoms with E-state index < -0.39 is 8.32 Å². The molecule has 1 atom stereocenters. The zero-order valence-corrected chi connectivity index (χ0v) is 15.4. The van der Waals surface area contributed by atoms with E-state index in [4.69, 9.17) is 4.43 Å². The molecule has 1 aliphatic carbocycles. The molecule has 0 amide bonds. The van der Waals surface area contributed by atoms with Gasteiger partial charge >= 0.3 is 0 Å². The molecule has 118 valence electrons. The van der Waals surface area contributed by atoms with Crippen molar-refractivity contribution in [2.45, 2.75) is 64.3 Å². The lowest BCUT2D eigenvalue weighted by atomic mass is 9.85. The second-order valence-electron chi connectivity index (χ2n) is 7.27. The van der Waals surface area contributed by atoms with Crippen LogP contribution in [0.1, 0.15) is 44.6 Å². The number of benzene rings is 1. The predicted molar refractivity (Wildman–Crippen MR) is 97.3 cm³/mol. The Morgan fingerprint density at radius 2 is 1.86 bits per heavy atom. The van der Waals surface area contributed by atoms with Crippen LogP contribution in [0.25, 0.3) is 0 Å². The Hall–Kier alpha value is -1.30. The van der Waals surface area contributed by atoms with Gasteiger partial charge < -0.3 is 4.43 Å². The summed E-state index contributed by atoms with van der Waals surface area (Å²) in [4.78, 5) is 0. The molecular formula is C20H28OSi. The van der Waals surface area contributed by atoms with Gasteiger partial charge in [0.15, 0.2) is 8.32 Å². The Morgan fingerprint density at radius 1 is 1.14 bits per heavy atom. The molecule has 0 aromatic heterocycles. The first-order valence-electron chi connectivity index (χ1n) is 8.33. The summed E-state index contributed by atoms with van der Waals surface area (Å²) in [5.41, 5.74) is 2.33. The summed E-state index contributed by atoms with van der Waals surface area (Å²) in [7, 11) is -1.61. The van der Waals surface area contributed by atoms with Crippen molar-refractivity contribution in [1.82, 2.24) is 0 Å². The van der Waals surface area contributed by atoms with Gasteiger partial charge in [0.25, 0.3) is 0 Å². The van der Waals surface area contributed by atoms with E-state index in [0.29, 0.717) is 0 Å². The largest absolute Gasteiger partial charge is 0.408 e. The third kappa shape index (κ3) is 5.16. The van der Waals surface area contributed by atoms with Gasteiger partial charge in [0.2, 0.25) is 0 Å². The molecule has 0 aliphatic heterocycles. The van der Waals surface area contributed by atoms with E-state index in [1.165, 1.54) is 24.8 Å². The fourth-order valence-electron chi connectivity index (χ4n) is 3.05. The molecule has 0 saturated heterocycles. The highest BCUT2D eigenvalue weighted by Crippen LogP contribution is 2.35. The summed E-state index contributed by atoms with van der Waals surface area (Å²) in [6, 6.07) is 10.2. The SMILES string of the molecule is CC(CC#Cc1ccccc1)(O[Si](C)(C)C)C1=CCCCC1. The first-order valence-corrected chi connectivity index (χ1v) is 11.7. The summed E-state index contributed by atoms with van der Waals surface area (Å²) in [5.74, 6) is 6.65. The van der Waals surface area contributed by atoms with Crippen LogP contribution in [0.3, 0.4) is 0 Å². The van der Waals surface area contributed by atoms with Crippen molar-refractivity contribution in [3.8, 4) is 11.8 Å². The van der Waals surface area contributed by atoms with Gasteiger partial charge in [0, 0.05) is 12.0 Å². The molecule has 0 spiro atoms. The number of rotatable bonds is 4. The molecule has 2 heteroatoms. The summed E-state index contributed by atoms with van der Waals surface area (Å²) in [6.45, 7) is 9.03. The average molecular weight is 313 g/mol. The first-order chi connectivity index (χ1) is 10.4. The van der Waals surface area contributed by atoms with Crippen molar-refractivity contribution < 1.29 is 4.43 Å². The van der Waals surface area contributed by atoms with E-state index in [9.17, 15) is 0 Å². The molecule has 1 unspecified atom stereocenters. The van der Waals surface area contributed by atoms with Crippen LogP contribution >= 0.6 is 0 Å². The summed E-state index contributed by atoms with van der Waals surface area (Å²) < 4.78 is 6.57. The molecule has 2 rings (SSSR count). The first kappa shape index (κ1) is 17.1. The maximum atomic E-state index is 6.57. The second kappa shape index (κ2) is 7.31. The van der Waals surface area contributed by atoms with E-state index in [0.717, 1.165) is 18.4 Å². The lowest BCUT2D eigenvalue weighted by Crippen LogP contribution is -2.42. The minimum atomic E-state index is -1.61. The van der Waals surface area contributed by atoms with Crippen molar-refractivity contribution >= 4 is 8.32 Å². The third-order valence-electron chi connectivity index (χ3n) is 3.93. The Morgan fingerprint density at radius 3 is 2.45 bits per heavy atom. The maximum absolute atomic E-state index is 6.57. The van der Waals surface area contributed by atoms with Gasteiger partial charge in [-0.25, -0.2) is 0 Å². The lowest BCUT2D eigenvalue weighted by molar-refractivity contribution is 0.119. The highest BCUT2D eigenvalue weighted by Gasteiger charge is 2.34. The molecular weight excluding hydrogens is 284 g/mol. The van der Waals surface area contributed by atoms with Crippen molar-refractivity contribution in [3.63, 3.8) is 0 Å². The molecule has 0 radical (unpaired) electrons. The summed E-state index contributed by atoms with van der Waals surface area (Å²) in [5, 5.41) is 0. The fraction of sp³-hybridized carbons (Fsp3) is 0.500. The second-order valence-corrected chi connectivity index (χ2v) is 11.7. The van der Waals surface area contributed by atoms with Crippen LogP contribution in [0, 0.1) is 11.8 Å². The molecule has 22 heavy (non-hydrogen) atoms. The summed E-state index contributed by atoms with van der Waals surface area (Å²) >= 11 is 0. The lowest BCUT2D eigenvalue weighted by Gasteiger charge is -2.38. The summed E-state index contributed by atoms with van der Waals surface area (Å²) in [6.07, 6.45) is 8.11. The Kier molecular flexibility index (Phi) is 5.67. The van der Waals surface area contributed by atoms with Gasteiger partial charge in [0.05, 0.1) is 5.60 Å². The number of hydrogen-bond acceptors (Lipinski definition) is 1. The zero-order chi connectivity index (χ0) is 16.1. The van der Waals surface area contributed by atoms with Crippen LogP contribution in [-0.4, -0.2) is 13.9 Å². The molecule has 1 aromatic carbocycles. The molecule has 1 nitrogen and oxygen atoms in total. The van der Waals surface area contributed by atoms with Gasteiger partial charge in [-0.15, -0.1) is 0 Å². The molecule has 0 bridgehead atoms. The van der Waals surface area contributed by atoms with Crippen LogP contribution in [0.5, 0.6) is 0 Å². The van der Waals surface area contributed by atoms with Crippen LogP contribution < -0.4 is 0 Å². The number of hydrogen-bond donors (Lipinski definition) is 0. The van der Waals surface area contributed by atoms with Gasteiger partial charge in [0.1, 0.15) is 0 Å². The van der Waals surface area contributed by atoms with E-state index in [1.807, 2.05) is 18.2 Å². The Bertz CT molecular complexity index is 571. The Balaban J connectivity index is 2.18.